The topological polar surface area (TPSA) is 30.0 Å². The van der Waals surface area contributed by atoms with Crippen molar-refractivity contribution >= 4 is 5.69 Å². The molecule has 46 heavy (non-hydrogen) atoms. The van der Waals surface area contributed by atoms with Gasteiger partial charge in [0.15, 0.2) is 0 Å². The lowest BCUT2D eigenvalue weighted by Crippen LogP contribution is -2.35. The number of hydrogen-bond acceptors (Lipinski definition) is 4. The van der Waals surface area contributed by atoms with Gasteiger partial charge in [0.25, 0.3) is 0 Å². The smallest absolute Gasteiger partial charge is 0.124 e. The van der Waals surface area contributed by atoms with E-state index in [1.54, 1.807) is 0 Å². The third kappa shape index (κ3) is 7.04. The van der Waals surface area contributed by atoms with Crippen LogP contribution in [-0.2, 0) is 18.5 Å². The number of aryl methyl sites for hydroxylation is 1. The Morgan fingerprint density at radius 1 is 0.565 bits per heavy atom. The zero-order valence-corrected chi connectivity index (χ0v) is 28.2. The molecule has 0 atom stereocenters. The minimum absolute atomic E-state index is 0.357. The predicted octanol–water partition coefficient (Wildman–Crippen LogP) is 8.49. The SMILES string of the molecule is CCN(CC)CCN(Cc1ccccc1N(C)C)Cc1cc(C)cc(C(c2ccccc2)(c2ccccc2)c2ccccc2)c1O. The maximum absolute atomic E-state index is 12.5. The second-order valence-corrected chi connectivity index (χ2v) is 12.4. The minimum Gasteiger partial charge on any atom is -0.507 e. The van der Waals surface area contributed by atoms with Crippen molar-refractivity contribution < 1.29 is 5.11 Å². The van der Waals surface area contributed by atoms with Crippen molar-refractivity contribution in [3.05, 3.63) is 166 Å². The Labute approximate surface area is 276 Å². The molecular weight excluding hydrogens is 562 g/mol. The van der Waals surface area contributed by atoms with Gasteiger partial charge in [-0.1, -0.05) is 141 Å². The number of nitrogens with zero attached hydrogens (tertiary/aromatic N) is 3. The molecule has 5 aromatic carbocycles. The molecule has 0 fully saturated rings. The molecule has 0 heterocycles. The molecule has 0 unspecified atom stereocenters. The van der Waals surface area contributed by atoms with Gasteiger partial charge in [0.2, 0.25) is 0 Å². The number of phenols is 1. The Morgan fingerprint density at radius 2 is 1.02 bits per heavy atom. The maximum Gasteiger partial charge on any atom is 0.124 e. The van der Waals surface area contributed by atoms with Crippen molar-refractivity contribution in [1.29, 1.82) is 0 Å². The summed E-state index contributed by atoms with van der Waals surface area (Å²) in [5, 5.41) is 12.5. The molecule has 5 rings (SSSR count). The molecule has 0 aliphatic rings. The quantitative estimate of drug-likeness (QED) is 0.128. The molecule has 0 spiro atoms. The molecule has 0 bridgehead atoms. The molecule has 0 saturated carbocycles. The molecule has 1 N–H and O–H groups in total. The van der Waals surface area contributed by atoms with Crippen molar-refractivity contribution in [2.75, 3.05) is 45.2 Å². The van der Waals surface area contributed by atoms with Crippen LogP contribution in [0.4, 0.5) is 5.69 Å². The van der Waals surface area contributed by atoms with E-state index in [-0.39, 0.29) is 0 Å². The lowest BCUT2D eigenvalue weighted by molar-refractivity contribution is 0.200. The van der Waals surface area contributed by atoms with E-state index in [9.17, 15) is 5.11 Å². The van der Waals surface area contributed by atoms with Crippen LogP contribution in [0.15, 0.2) is 127 Å². The highest BCUT2D eigenvalue weighted by molar-refractivity contribution is 5.65. The standard InChI is InChI=1S/C42H49N3O/c1-6-44(7-2)27-28-45(31-34-19-17-18-26-40(34)43(4)5)32-35-29-33(3)30-39(41(35)46)42(36-20-11-8-12-21-36,37-22-13-9-14-23-37)38-24-15-10-16-25-38/h8-26,29-30,46H,6-7,27-28,31-32H2,1-5H3. The van der Waals surface area contributed by atoms with E-state index in [2.05, 4.69) is 177 Å². The molecular formula is C42H49N3O. The molecule has 0 radical (unpaired) electrons. The lowest BCUT2D eigenvalue weighted by Gasteiger charge is -2.38. The summed E-state index contributed by atoms with van der Waals surface area (Å²) in [7, 11) is 4.21. The van der Waals surface area contributed by atoms with Crippen molar-refractivity contribution in [2.24, 2.45) is 0 Å². The van der Waals surface area contributed by atoms with Crippen LogP contribution in [0.1, 0.15) is 52.8 Å². The molecule has 5 aromatic rings. The first-order chi connectivity index (χ1) is 22.4. The van der Waals surface area contributed by atoms with Crippen LogP contribution in [0, 0.1) is 6.92 Å². The average molecular weight is 612 g/mol. The first-order valence-corrected chi connectivity index (χ1v) is 16.6. The predicted molar refractivity (Wildman–Crippen MR) is 194 cm³/mol. The summed E-state index contributed by atoms with van der Waals surface area (Å²) >= 11 is 0. The second kappa shape index (κ2) is 15.3. The van der Waals surface area contributed by atoms with Gasteiger partial charge in [0, 0.05) is 57.1 Å². The summed E-state index contributed by atoms with van der Waals surface area (Å²) in [6.45, 7) is 11.9. The van der Waals surface area contributed by atoms with Gasteiger partial charge < -0.3 is 14.9 Å². The fourth-order valence-corrected chi connectivity index (χ4v) is 6.89. The highest BCUT2D eigenvalue weighted by Crippen LogP contribution is 2.49. The number of hydrogen-bond donors (Lipinski definition) is 1. The van der Waals surface area contributed by atoms with E-state index < -0.39 is 5.41 Å². The summed E-state index contributed by atoms with van der Waals surface area (Å²) in [6, 6.07) is 44.9. The monoisotopic (exact) mass is 611 g/mol. The Balaban J connectivity index is 1.68. The van der Waals surface area contributed by atoms with Crippen LogP contribution in [0.5, 0.6) is 5.75 Å². The van der Waals surface area contributed by atoms with Gasteiger partial charge in [-0.05, 0) is 48.3 Å². The molecule has 238 valence electrons. The van der Waals surface area contributed by atoms with Crippen molar-refractivity contribution in [3.8, 4) is 5.75 Å². The first-order valence-electron chi connectivity index (χ1n) is 16.6. The zero-order chi connectivity index (χ0) is 32.5. The number of rotatable bonds is 14. The largest absolute Gasteiger partial charge is 0.507 e. The molecule has 0 aliphatic carbocycles. The number of para-hydroxylation sites is 1. The Morgan fingerprint density at radius 3 is 1.52 bits per heavy atom. The fourth-order valence-electron chi connectivity index (χ4n) is 6.89. The second-order valence-electron chi connectivity index (χ2n) is 12.4. The molecule has 0 amide bonds. The van der Waals surface area contributed by atoms with Crippen LogP contribution in [-0.4, -0.2) is 55.2 Å². The molecule has 4 heteroatoms. The van der Waals surface area contributed by atoms with E-state index in [0.29, 0.717) is 12.3 Å². The van der Waals surface area contributed by atoms with Gasteiger partial charge in [0.1, 0.15) is 5.75 Å². The summed E-state index contributed by atoms with van der Waals surface area (Å²) in [5.74, 6) is 0.357. The van der Waals surface area contributed by atoms with E-state index in [1.165, 1.54) is 11.3 Å². The highest BCUT2D eigenvalue weighted by Gasteiger charge is 2.41. The summed E-state index contributed by atoms with van der Waals surface area (Å²) in [4.78, 5) is 7.15. The van der Waals surface area contributed by atoms with Crippen LogP contribution in [0.25, 0.3) is 0 Å². The molecule has 0 aromatic heterocycles. The molecule has 4 nitrogen and oxygen atoms in total. The Bertz CT molecular complexity index is 1570. The maximum atomic E-state index is 12.5. The summed E-state index contributed by atoms with van der Waals surface area (Å²) in [6.07, 6.45) is 0. The van der Waals surface area contributed by atoms with E-state index in [1.807, 2.05) is 0 Å². The number of aromatic hydroxyl groups is 1. The van der Waals surface area contributed by atoms with E-state index in [4.69, 9.17) is 0 Å². The number of benzene rings is 5. The van der Waals surface area contributed by atoms with Crippen LogP contribution in [0.3, 0.4) is 0 Å². The fraction of sp³-hybridized carbons (Fsp3) is 0.286. The van der Waals surface area contributed by atoms with Gasteiger partial charge in [-0.15, -0.1) is 0 Å². The first kappa shape index (κ1) is 33.0. The number of anilines is 1. The summed E-state index contributed by atoms with van der Waals surface area (Å²) < 4.78 is 0. The van der Waals surface area contributed by atoms with Gasteiger partial charge in [-0.25, -0.2) is 0 Å². The lowest BCUT2D eigenvalue weighted by atomic mass is 9.64. The third-order valence-corrected chi connectivity index (χ3v) is 9.25. The van der Waals surface area contributed by atoms with E-state index >= 15 is 0 Å². The van der Waals surface area contributed by atoms with E-state index in [0.717, 1.165) is 66.1 Å². The normalized spacial score (nSPS) is 11.7. The van der Waals surface area contributed by atoms with Crippen molar-refractivity contribution in [2.45, 2.75) is 39.3 Å². The Hall–Kier alpha value is -4.38. The van der Waals surface area contributed by atoms with Gasteiger partial charge in [-0.3, -0.25) is 4.90 Å². The van der Waals surface area contributed by atoms with Gasteiger partial charge in [-0.2, -0.15) is 0 Å². The van der Waals surface area contributed by atoms with Crippen molar-refractivity contribution in [3.63, 3.8) is 0 Å². The van der Waals surface area contributed by atoms with Crippen LogP contribution in [0.2, 0.25) is 0 Å². The molecule has 0 saturated heterocycles. The van der Waals surface area contributed by atoms with Crippen molar-refractivity contribution in [1.82, 2.24) is 9.80 Å². The third-order valence-electron chi connectivity index (χ3n) is 9.25. The minimum atomic E-state index is -0.710. The van der Waals surface area contributed by atoms with Crippen LogP contribution >= 0.6 is 0 Å². The van der Waals surface area contributed by atoms with Gasteiger partial charge in [0.05, 0.1) is 5.41 Å². The average Bonchev–Trinajstić information content (AvgIpc) is 3.09. The Kier molecular flexibility index (Phi) is 11.0. The number of likely N-dealkylation sites (N-methyl/N-ethyl adjacent to an activating group) is 1. The van der Waals surface area contributed by atoms with Gasteiger partial charge >= 0.3 is 0 Å². The highest BCUT2D eigenvalue weighted by atomic mass is 16.3. The zero-order valence-electron chi connectivity index (χ0n) is 28.2. The van der Waals surface area contributed by atoms with Crippen LogP contribution < -0.4 is 4.90 Å². The number of phenolic OH excluding ortho intramolecular Hbond substituents is 1. The summed E-state index contributed by atoms with van der Waals surface area (Å²) in [5.41, 5.74) is 8.15. The molecule has 0 aliphatic heterocycles.